The van der Waals surface area contributed by atoms with Gasteiger partial charge in [-0.3, -0.25) is 0 Å². The van der Waals surface area contributed by atoms with Crippen molar-refractivity contribution in [3.8, 4) is 6.07 Å². The number of carboxylic acid groups (broad SMARTS) is 1. The fourth-order valence-corrected chi connectivity index (χ4v) is 2.12. The first-order chi connectivity index (χ1) is 8.70. The number of hydrogen-bond acceptors (Lipinski definition) is 5. The molecule has 5 nitrogen and oxygen atoms in total. The van der Waals surface area contributed by atoms with Crippen LogP contribution in [0.5, 0.6) is 0 Å². The molecule has 0 aliphatic heterocycles. The average molecular weight is 257 g/mol. The van der Waals surface area contributed by atoms with E-state index in [1.807, 2.05) is 6.07 Å². The molecule has 18 heavy (non-hydrogen) atoms. The first-order valence-corrected chi connectivity index (χ1v) is 5.74. The van der Waals surface area contributed by atoms with Gasteiger partial charge in [0.1, 0.15) is 11.1 Å². The zero-order valence-electron chi connectivity index (χ0n) is 9.07. The summed E-state index contributed by atoms with van der Waals surface area (Å²) >= 11 is 1.20. The predicted molar refractivity (Wildman–Crippen MR) is 64.3 cm³/mol. The summed E-state index contributed by atoms with van der Waals surface area (Å²) in [4.78, 5) is 19.5. The molecule has 0 saturated heterocycles. The van der Waals surface area contributed by atoms with E-state index < -0.39 is 5.97 Å². The Balaban J connectivity index is 2.28. The van der Waals surface area contributed by atoms with Crippen LogP contribution in [0, 0.1) is 11.3 Å². The Morgan fingerprint density at radius 3 is 2.67 bits per heavy atom. The van der Waals surface area contributed by atoms with Crippen molar-refractivity contribution in [1.29, 1.82) is 5.26 Å². The van der Waals surface area contributed by atoms with Gasteiger partial charge < -0.3 is 5.11 Å². The van der Waals surface area contributed by atoms with E-state index in [0.717, 1.165) is 0 Å². The van der Waals surface area contributed by atoms with Gasteiger partial charge in [-0.2, -0.15) is 5.26 Å². The normalized spacial score (nSPS) is 9.72. The molecule has 2 aromatic rings. The Morgan fingerprint density at radius 1 is 1.28 bits per heavy atom. The number of carboxylic acids is 1. The highest BCUT2D eigenvalue weighted by atomic mass is 32.2. The van der Waals surface area contributed by atoms with Crippen LogP contribution in [0.4, 0.5) is 0 Å². The average Bonchev–Trinajstić information content (AvgIpc) is 2.40. The van der Waals surface area contributed by atoms with Crippen molar-refractivity contribution in [1.82, 2.24) is 9.97 Å². The van der Waals surface area contributed by atoms with E-state index in [9.17, 15) is 4.79 Å². The van der Waals surface area contributed by atoms with Crippen molar-refractivity contribution in [2.24, 2.45) is 0 Å². The van der Waals surface area contributed by atoms with Gasteiger partial charge in [0.15, 0.2) is 5.69 Å². The minimum absolute atomic E-state index is 0.216. The molecule has 1 aromatic heterocycles. The van der Waals surface area contributed by atoms with Gasteiger partial charge in [-0.1, -0.05) is 23.9 Å². The van der Waals surface area contributed by atoms with Gasteiger partial charge in [0.05, 0.1) is 18.0 Å². The van der Waals surface area contributed by atoms with Crippen molar-refractivity contribution >= 4 is 17.7 Å². The summed E-state index contributed by atoms with van der Waals surface area (Å²) in [6.07, 6.45) is 2.80. The standard InChI is InChI=1S/C12H7N3O2S/c13-5-8-6-15-11(7-14-8)18-10-4-2-1-3-9(10)12(16)17/h1-4,6-7H,(H,16,17). The molecule has 0 aliphatic carbocycles. The molecule has 6 heteroatoms. The zero-order chi connectivity index (χ0) is 13.0. The lowest BCUT2D eigenvalue weighted by atomic mass is 10.2. The third-order valence-electron chi connectivity index (χ3n) is 2.07. The summed E-state index contributed by atoms with van der Waals surface area (Å²) in [5.74, 6) is -0.986. The molecule has 0 fully saturated rings. The Labute approximate surface area is 107 Å². The van der Waals surface area contributed by atoms with Crippen LogP contribution in [0.1, 0.15) is 16.1 Å². The van der Waals surface area contributed by atoms with Gasteiger partial charge in [0.25, 0.3) is 0 Å². The van der Waals surface area contributed by atoms with Crippen LogP contribution in [-0.2, 0) is 0 Å². The third kappa shape index (κ3) is 2.64. The van der Waals surface area contributed by atoms with Gasteiger partial charge in [0.2, 0.25) is 0 Å². The Kier molecular flexibility index (Phi) is 3.55. The van der Waals surface area contributed by atoms with Crippen molar-refractivity contribution < 1.29 is 9.90 Å². The van der Waals surface area contributed by atoms with Gasteiger partial charge in [0, 0.05) is 4.90 Å². The number of aromatic nitrogens is 2. The van der Waals surface area contributed by atoms with Gasteiger partial charge in [-0.15, -0.1) is 0 Å². The fourth-order valence-electron chi connectivity index (χ4n) is 1.27. The summed E-state index contributed by atoms with van der Waals surface area (Å²) in [7, 11) is 0. The highest BCUT2D eigenvalue weighted by Crippen LogP contribution is 2.28. The molecule has 88 valence electrons. The second-order valence-electron chi connectivity index (χ2n) is 3.26. The molecule has 1 aromatic carbocycles. The maximum Gasteiger partial charge on any atom is 0.336 e. The number of benzene rings is 1. The summed E-state index contributed by atoms with van der Waals surface area (Å²) in [5.41, 5.74) is 0.444. The first-order valence-electron chi connectivity index (χ1n) is 4.93. The lowest BCUT2D eigenvalue weighted by Crippen LogP contribution is -1.98. The number of hydrogen-bond donors (Lipinski definition) is 1. The van der Waals surface area contributed by atoms with Crippen LogP contribution in [0.25, 0.3) is 0 Å². The first kappa shape index (κ1) is 12.1. The predicted octanol–water partition coefficient (Wildman–Crippen LogP) is 2.20. The maximum absolute atomic E-state index is 11.0. The van der Waals surface area contributed by atoms with Gasteiger partial charge in [-0.05, 0) is 12.1 Å². The lowest BCUT2D eigenvalue weighted by Gasteiger charge is -2.04. The SMILES string of the molecule is N#Cc1cnc(Sc2ccccc2C(=O)O)cn1. The van der Waals surface area contributed by atoms with Crippen molar-refractivity contribution in [3.63, 3.8) is 0 Å². The molecule has 1 heterocycles. The quantitative estimate of drug-likeness (QED) is 0.906. The third-order valence-corrected chi connectivity index (χ3v) is 3.07. The number of nitrogens with zero attached hydrogens (tertiary/aromatic N) is 3. The monoisotopic (exact) mass is 257 g/mol. The second kappa shape index (κ2) is 5.29. The van der Waals surface area contributed by atoms with Crippen LogP contribution in [0.15, 0.2) is 46.6 Å². The van der Waals surface area contributed by atoms with Crippen LogP contribution in [-0.4, -0.2) is 21.0 Å². The minimum atomic E-state index is -0.986. The van der Waals surface area contributed by atoms with Crippen LogP contribution in [0.2, 0.25) is 0 Å². The molecule has 0 aliphatic rings. The molecule has 1 N–H and O–H groups in total. The number of carbonyl (C=O) groups is 1. The Bertz CT molecular complexity index is 620. The Hall–Kier alpha value is -2.39. The zero-order valence-corrected chi connectivity index (χ0v) is 9.89. The smallest absolute Gasteiger partial charge is 0.336 e. The van der Waals surface area contributed by atoms with Crippen LogP contribution >= 0.6 is 11.8 Å². The summed E-state index contributed by atoms with van der Waals surface area (Å²) < 4.78 is 0. The molecular formula is C12H7N3O2S. The minimum Gasteiger partial charge on any atom is -0.478 e. The van der Waals surface area contributed by atoms with Crippen LogP contribution in [0.3, 0.4) is 0 Å². The molecule has 2 rings (SSSR count). The van der Waals surface area contributed by atoms with Crippen molar-refractivity contribution in [3.05, 3.63) is 47.9 Å². The molecule has 0 spiro atoms. The number of aromatic carboxylic acids is 1. The topological polar surface area (TPSA) is 86.9 Å². The van der Waals surface area contributed by atoms with Gasteiger partial charge in [-0.25, -0.2) is 14.8 Å². The number of rotatable bonds is 3. The largest absolute Gasteiger partial charge is 0.478 e. The fraction of sp³-hybridized carbons (Fsp3) is 0. The summed E-state index contributed by atoms with van der Waals surface area (Å²) in [5, 5.41) is 18.2. The molecule has 0 saturated carbocycles. The van der Waals surface area contributed by atoms with Gasteiger partial charge >= 0.3 is 5.97 Å². The molecular weight excluding hydrogens is 250 g/mol. The highest BCUT2D eigenvalue weighted by Gasteiger charge is 2.10. The van der Waals surface area contributed by atoms with E-state index in [1.54, 1.807) is 18.2 Å². The molecule has 0 atom stereocenters. The molecule has 0 radical (unpaired) electrons. The summed E-state index contributed by atoms with van der Waals surface area (Å²) in [6.45, 7) is 0. The maximum atomic E-state index is 11.0. The van der Waals surface area contributed by atoms with E-state index in [0.29, 0.717) is 9.92 Å². The van der Waals surface area contributed by atoms with E-state index in [4.69, 9.17) is 10.4 Å². The highest BCUT2D eigenvalue weighted by molar-refractivity contribution is 7.99. The van der Waals surface area contributed by atoms with E-state index in [2.05, 4.69) is 9.97 Å². The van der Waals surface area contributed by atoms with E-state index >= 15 is 0 Å². The molecule has 0 unspecified atom stereocenters. The van der Waals surface area contributed by atoms with Crippen molar-refractivity contribution in [2.45, 2.75) is 9.92 Å². The molecule has 0 amide bonds. The van der Waals surface area contributed by atoms with Crippen LogP contribution < -0.4 is 0 Å². The number of nitriles is 1. The molecule has 0 bridgehead atoms. The Morgan fingerprint density at radius 2 is 2.06 bits per heavy atom. The van der Waals surface area contributed by atoms with E-state index in [1.165, 1.54) is 30.2 Å². The van der Waals surface area contributed by atoms with Crippen molar-refractivity contribution in [2.75, 3.05) is 0 Å². The second-order valence-corrected chi connectivity index (χ2v) is 4.32. The van der Waals surface area contributed by atoms with E-state index in [-0.39, 0.29) is 11.3 Å². The summed E-state index contributed by atoms with van der Waals surface area (Å²) in [6, 6.07) is 8.52. The lowest BCUT2D eigenvalue weighted by molar-refractivity contribution is 0.0693.